The van der Waals surface area contributed by atoms with E-state index in [1.807, 2.05) is 19.1 Å². The van der Waals surface area contributed by atoms with E-state index in [9.17, 15) is 4.79 Å². The van der Waals surface area contributed by atoms with Gasteiger partial charge in [0.15, 0.2) is 0 Å². The predicted molar refractivity (Wildman–Crippen MR) is 47.1 cm³/mol. The number of rotatable bonds is 1. The number of carbonyl (C=O) groups excluding carboxylic acids is 1. The lowest BCUT2D eigenvalue weighted by atomic mass is 10.0. The van der Waals surface area contributed by atoms with Crippen LogP contribution in [-0.4, -0.2) is 10.9 Å². The molecule has 0 aromatic heterocycles. The van der Waals surface area contributed by atoms with E-state index < -0.39 is 0 Å². The first kappa shape index (κ1) is 8.05. The maximum absolute atomic E-state index is 9.91. The van der Waals surface area contributed by atoms with Gasteiger partial charge in [-0.3, -0.25) is 0 Å². The molecule has 0 bridgehead atoms. The van der Waals surface area contributed by atoms with Crippen molar-refractivity contribution in [3.63, 3.8) is 0 Å². The number of thiocarbonyl (C=S) groups is 1. The number of hydrogen-bond acceptors (Lipinski definition) is 3. The third-order valence-corrected chi connectivity index (χ3v) is 2.07. The second kappa shape index (κ2) is 3.37. The summed E-state index contributed by atoms with van der Waals surface area (Å²) in [7, 11) is 0. The van der Waals surface area contributed by atoms with Crippen molar-refractivity contribution >= 4 is 23.2 Å². The molecule has 2 nitrogen and oxygen atoms in total. The fraction of sp³-hybridized carbons (Fsp3) is 0.250. The molecule has 0 fully saturated rings. The molecule has 0 saturated heterocycles. The predicted octanol–water partition coefficient (Wildman–Crippen LogP) is 1.78. The first-order valence-corrected chi connectivity index (χ1v) is 3.67. The maximum Gasteiger partial charge on any atom is 0.240 e. The van der Waals surface area contributed by atoms with Crippen molar-refractivity contribution in [2.45, 2.75) is 6.92 Å². The van der Waals surface area contributed by atoms with Crippen molar-refractivity contribution in [1.29, 1.82) is 0 Å². The molecule has 0 spiro atoms. The van der Waals surface area contributed by atoms with Gasteiger partial charge in [0.25, 0.3) is 0 Å². The van der Waals surface area contributed by atoms with Gasteiger partial charge in [0.1, 0.15) is 0 Å². The van der Waals surface area contributed by atoms with Crippen molar-refractivity contribution in [3.8, 4) is 0 Å². The quantitative estimate of drug-likeness (QED) is 0.337. The van der Waals surface area contributed by atoms with E-state index in [2.05, 4.69) is 4.99 Å². The summed E-state index contributed by atoms with van der Waals surface area (Å²) in [5, 5.41) is 0. The van der Waals surface area contributed by atoms with Crippen LogP contribution in [0.1, 0.15) is 6.92 Å². The fourth-order valence-corrected chi connectivity index (χ4v) is 1.05. The van der Waals surface area contributed by atoms with Crippen molar-refractivity contribution in [1.82, 2.24) is 0 Å². The number of nitrogens with zero attached hydrogens (tertiary/aromatic N) is 1. The average Bonchev–Trinajstić information content (AvgIpc) is 1.99. The van der Waals surface area contributed by atoms with Crippen LogP contribution in [0.2, 0.25) is 0 Å². The van der Waals surface area contributed by atoms with E-state index >= 15 is 0 Å². The molecule has 11 heavy (non-hydrogen) atoms. The first-order chi connectivity index (χ1) is 5.25. The highest BCUT2D eigenvalue weighted by Gasteiger charge is 2.12. The van der Waals surface area contributed by atoms with Gasteiger partial charge >= 0.3 is 0 Å². The molecule has 1 unspecified atom stereocenters. The Bertz CT molecular complexity index is 284. The van der Waals surface area contributed by atoms with Crippen LogP contribution in [0.3, 0.4) is 0 Å². The van der Waals surface area contributed by atoms with Crippen molar-refractivity contribution in [3.05, 3.63) is 23.9 Å². The first-order valence-electron chi connectivity index (χ1n) is 3.26. The molecule has 0 heterocycles. The van der Waals surface area contributed by atoms with Crippen LogP contribution in [0.4, 0.5) is 0 Å². The highest BCUT2D eigenvalue weighted by molar-refractivity contribution is 7.80. The number of isocyanates is 1. The Morgan fingerprint density at radius 2 is 2.45 bits per heavy atom. The Hall–Kier alpha value is -1.05. The zero-order valence-corrected chi connectivity index (χ0v) is 6.89. The average molecular weight is 165 g/mol. The molecule has 1 aliphatic rings. The highest BCUT2D eigenvalue weighted by Crippen LogP contribution is 2.15. The smallest absolute Gasteiger partial charge is 0.211 e. The molecule has 0 amide bonds. The molecular weight excluding hydrogens is 158 g/mol. The second-order valence-corrected chi connectivity index (χ2v) is 2.73. The molecule has 56 valence electrons. The molecule has 0 aliphatic heterocycles. The summed E-state index contributed by atoms with van der Waals surface area (Å²) in [5.74, 6) is 0.196. The van der Waals surface area contributed by atoms with Crippen LogP contribution in [-0.2, 0) is 4.79 Å². The minimum Gasteiger partial charge on any atom is -0.211 e. The van der Waals surface area contributed by atoms with E-state index in [-0.39, 0.29) is 5.92 Å². The number of hydrogen-bond donors (Lipinski definition) is 0. The molecule has 0 radical (unpaired) electrons. The topological polar surface area (TPSA) is 29.4 Å². The molecule has 0 N–H and O–H groups in total. The van der Waals surface area contributed by atoms with Crippen LogP contribution in [0, 0.1) is 5.92 Å². The largest absolute Gasteiger partial charge is 0.240 e. The lowest BCUT2D eigenvalue weighted by Gasteiger charge is -2.10. The second-order valence-electron chi connectivity index (χ2n) is 2.29. The lowest BCUT2D eigenvalue weighted by molar-refractivity contribution is 0.565. The van der Waals surface area contributed by atoms with Crippen LogP contribution in [0.25, 0.3) is 0 Å². The number of aliphatic imine (C=N–C) groups is 1. The molecular formula is C8H7NOS. The minimum atomic E-state index is 0.196. The van der Waals surface area contributed by atoms with Gasteiger partial charge in [0.2, 0.25) is 6.08 Å². The van der Waals surface area contributed by atoms with E-state index in [1.165, 1.54) is 6.08 Å². The Labute approximate surface area is 70.3 Å². The van der Waals surface area contributed by atoms with Crippen LogP contribution in [0.15, 0.2) is 28.9 Å². The Morgan fingerprint density at radius 1 is 1.73 bits per heavy atom. The summed E-state index contributed by atoms with van der Waals surface area (Å²) in [6.07, 6.45) is 7.00. The van der Waals surface area contributed by atoms with Crippen LogP contribution >= 0.6 is 12.2 Å². The van der Waals surface area contributed by atoms with Crippen LogP contribution < -0.4 is 0 Å². The van der Waals surface area contributed by atoms with E-state index in [0.29, 0.717) is 10.6 Å². The SMILES string of the molecule is CC1C=CC=C(N=C=O)C1=S. The standard InChI is InChI=1S/C8H7NOS/c1-6-3-2-4-7(8(6)11)9-5-10/h2-4,6H,1H3. The van der Waals surface area contributed by atoms with E-state index in [4.69, 9.17) is 12.2 Å². The molecule has 3 heteroatoms. The Balaban J connectivity index is 2.95. The van der Waals surface area contributed by atoms with E-state index in [1.54, 1.807) is 6.08 Å². The summed E-state index contributed by atoms with van der Waals surface area (Å²) >= 11 is 5.02. The van der Waals surface area contributed by atoms with Gasteiger partial charge in [0.05, 0.1) is 5.70 Å². The van der Waals surface area contributed by atoms with E-state index in [0.717, 1.165) is 0 Å². The highest BCUT2D eigenvalue weighted by atomic mass is 32.1. The third kappa shape index (κ3) is 1.70. The molecule has 1 atom stereocenters. The normalized spacial score (nSPS) is 22.5. The zero-order chi connectivity index (χ0) is 8.27. The lowest BCUT2D eigenvalue weighted by Crippen LogP contribution is -2.10. The minimum absolute atomic E-state index is 0.196. The number of allylic oxidation sites excluding steroid dienone is 4. The van der Waals surface area contributed by atoms with Gasteiger partial charge in [-0.2, -0.15) is 4.99 Å². The van der Waals surface area contributed by atoms with Gasteiger partial charge in [-0.1, -0.05) is 31.3 Å². The van der Waals surface area contributed by atoms with Gasteiger partial charge in [-0.15, -0.1) is 0 Å². The molecule has 0 saturated carbocycles. The summed E-state index contributed by atoms with van der Waals surface area (Å²) in [6.45, 7) is 1.96. The summed E-state index contributed by atoms with van der Waals surface area (Å²) in [6, 6.07) is 0. The van der Waals surface area contributed by atoms with Crippen molar-refractivity contribution < 1.29 is 4.79 Å². The zero-order valence-electron chi connectivity index (χ0n) is 6.07. The third-order valence-electron chi connectivity index (χ3n) is 1.49. The molecule has 0 aromatic rings. The Kier molecular flexibility index (Phi) is 2.47. The molecule has 1 rings (SSSR count). The summed E-state index contributed by atoms with van der Waals surface area (Å²) < 4.78 is 0. The monoisotopic (exact) mass is 165 g/mol. The molecule has 0 aromatic carbocycles. The molecule has 1 aliphatic carbocycles. The summed E-state index contributed by atoms with van der Waals surface area (Å²) in [5.41, 5.74) is 0.560. The van der Waals surface area contributed by atoms with Crippen molar-refractivity contribution in [2.24, 2.45) is 10.9 Å². The Morgan fingerprint density at radius 3 is 3.09 bits per heavy atom. The van der Waals surface area contributed by atoms with Crippen molar-refractivity contribution in [2.75, 3.05) is 0 Å². The maximum atomic E-state index is 9.91. The fourth-order valence-electron chi connectivity index (χ4n) is 0.858. The van der Waals surface area contributed by atoms with Crippen LogP contribution in [0.5, 0.6) is 0 Å². The van der Waals surface area contributed by atoms with Gasteiger partial charge in [-0.05, 0) is 6.08 Å². The summed E-state index contributed by atoms with van der Waals surface area (Å²) in [4.78, 5) is 14.1. The van der Waals surface area contributed by atoms with Gasteiger partial charge in [0, 0.05) is 10.8 Å². The van der Waals surface area contributed by atoms with Gasteiger partial charge in [-0.25, -0.2) is 4.79 Å². The van der Waals surface area contributed by atoms with Gasteiger partial charge < -0.3 is 0 Å².